The van der Waals surface area contributed by atoms with E-state index in [1.165, 1.54) is 17.1 Å². The van der Waals surface area contributed by atoms with Crippen LogP contribution in [0.2, 0.25) is 0 Å². The topological polar surface area (TPSA) is 74.8 Å². The van der Waals surface area contributed by atoms with Gasteiger partial charge in [0.1, 0.15) is 5.78 Å². The van der Waals surface area contributed by atoms with Crippen LogP contribution < -0.4 is 0 Å². The first-order valence-electron chi connectivity index (χ1n) is 10.8. The van der Waals surface area contributed by atoms with Gasteiger partial charge in [-0.15, -0.1) is 0 Å². The van der Waals surface area contributed by atoms with Crippen molar-refractivity contribution in [1.29, 1.82) is 0 Å². The highest BCUT2D eigenvalue weighted by Crippen LogP contribution is 2.17. The average molecular weight is 391 g/mol. The number of nitrogens with zero attached hydrogens (tertiary/aromatic N) is 2. The Bertz CT molecular complexity index is 581. The number of imide groups is 1. The molecular weight excluding hydrogens is 356 g/mol. The summed E-state index contributed by atoms with van der Waals surface area (Å²) in [5, 5.41) is 0. The SMILES string of the molecule is C[C@H]1CCN(C(=O)CCCCCCC(=O)CCCCCN2C(=O)C=CC2=O)C1. The number of hydrogen-bond donors (Lipinski definition) is 0. The molecule has 156 valence electrons. The van der Waals surface area contributed by atoms with Crippen LogP contribution in [-0.4, -0.2) is 52.9 Å². The molecule has 2 rings (SSSR count). The Morgan fingerprint density at radius 1 is 0.893 bits per heavy atom. The molecule has 2 aliphatic heterocycles. The number of likely N-dealkylation sites (tertiary alicyclic amines) is 1. The molecule has 0 radical (unpaired) electrons. The minimum atomic E-state index is -0.238. The second-order valence-electron chi connectivity index (χ2n) is 8.16. The zero-order chi connectivity index (χ0) is 20.4. The average Bonchev–Trinajstić information content (AvgIpc) is 3.24. The van der Waals surface area contributed by atoms with Gasteiger partial charge >= 0.3 is 0 Å². The molecule has 0 bridgehead atoms. The van der Waals surface area contributed by atoms with Gasteiger partial charge in [-0.05, 0) is 38.0 Å². The van der Waals surface area contributed by atoms with Gasteiger partial charge < -0.3 is 4.90 Å². The first-order chi connectivity index (χ1) is 13.5. The minimum Gasteiger partial charge on any atom is -0.342 e. The predicted octanol–water partition coefficient (Wildman–Crippen LogP) is 3.25. The van der Waals surface area contributed by atoms with Crippen LogP contribution in [0.15, 0.2) is 12.2 Å². The quantitative estimate of drug-likeness (QED) is 0.357. The lowest BCUT2D eigenvalue weighted by Gasteiger charge is -2.15. The molecule has 0 aromatic heterocycles. The molecule has 1 saturated heterocycles. The highest BCUT2D eigenvalue weighted by molar-refractivity contribution is 6.12. The van der Waals surface area contributed by atoms with Gasteiger partial charge in [-0.25, -0.2) is 0 Å². The van der Waals surface area contributed by atoms with E-state index < -0.39 is 0 Å². The van der Waals surface area contributed by atoms with Gasteiger partial charge in [0.25, 0.3) is 11.8 Å². The summed E-state index contributed by atoms with van der Waals surface area (Å²) in [6.07, 6.45) is 11.8. The van der Waals surface area contributed by atoms with E-state index in [4.69, 9.17) is 0 Å². The van der Waals surface area contributed by atoms with Crippen molar-refractivity contribution in [2.45, 2.75) is 77.6 Å². The molecule has 2 heterocycles. The number of rotatable bonds is 13. The van der Waals surface area contributed by atoms with Crippen LogP contribution in [0.1, 0.15) is 77.6 Å². The van der Waals surface area contributed by atoms with Gasteiger partial charge in [-0.2, -0.15) is 0 Å². The van der Waals surface area contributed by atoms with Gasteiger partial charge in [-0.1, -0.05) is 26.2 Å². The Hall–Kier alpha value is -1.98. The van der Waals surface area contributed by atoms with Crippen LogP contribution in [0, 0.1) is 5.92 Å². The van der Waals surface area contributed by atoms with Crippen molar-refractivity contribution < 1.29 is 19.2 Å². The first-order valence-corrected chi connectivity index (χ1v) is 10.8. The number of ketones is 1. The maximum absolute atomic E-state index is 12.1. The zero-order valence-electron chi connectivity index (χ0n) is 17.2. The van der Waals surface area contributed by atoms with Gasteiger partial charge in [0.2, 0.25) is 5.91 Å². The summed E-state index contributed by atoms with van der Waals surface area (Å²) in [4.78, 5) is 50.0. The van der Waals surface area contributed by atoms with Gasteiger partial charge in [-0.3, -0.25) is 24.1 Å². The number of unbranched alkanes of at least 4 members (excludes halogenated alkanes) is 5. The van der Waals surface area contributed by atoms with Gasteiger partial charge in [0, 0.05) is 51.0 Å². The van der Waals surface area contributed by atoms with Crippen LogP contribution in [0.4, 0.5) is 0 Å². The smallest absolute Gasteiger partial charge is 0.253 e. The van der Waals surface area contributed by atoms with Crippen LogP contribution in [0.5, 0.6) is 0 Å². The van der Waals surface area contributed by atoms with E-state index in [1.54, 1.807) is 0 Å². The van der Waals surface area contributed by atoms with Crippen molar-refractivity contribution in [3.8, 4) is 0 Å². The molecule has 6 heteroatoms. The van der Waals surface area contributed by atoms with Crippen molar-refractivity contribution >= 4 is 23.5 Å². The van der Waals surface area contributed by atoms with E-state index in [0.29, 0.717) is 31.7 Å². The molecule has 0 N–H and O–H groups in total. The predicted molar refractivity (Wildman–Crippen MR) is 107 cm³/mol. The monoisotopic (exact) mass is 390 g/mol. The fourth-order valence-corrected chi connectivity index (χ4v) is 3.82. The Morgan fingerprint density at radius 2 is 1.46 bits per heavy atom. The lowest BCUT2D eigenvalue weighted by Crippen LogP contribution is -2.30. The van der Waals surface area contributed by atoms with Crippen molar-refractivity contribution in [3.63, 3.8) is 0 Å². The maximum Gasteiger partial charge on any atom is 0.253 e. The van der Waals surface area contributed by atoms with E-state index >= 15 is 0 Å². The summed E-state index contributed by atoms with van der Waals surface area (Å²) in [5.74, 6) is 0.735. The van der Waals surface area contributed by atoms with Crippen LogP contribution in [0.3, 0.4) is 0 Å². The molecule has 1 atom stereocenters. The van der Waals surface area contributed by atoms with Crippen molar-refractivity contribution in [3.05, 3.63) is 12.2 Å². The lowest BCUT2D eigenvalue weighted by molar-refractivity contribution is -0.137. The number of carbonyl (C=O) groups is 4. The highest BCUT2D eigenvalue weighted by Gasteiger charge is 2.23. The van der Waals surface area contributed by atoms with E-state index in [2.05, 4.69) is 6.92 Å². The summed E-state index contributed by atoms with van der Waals surface area (Å²) < 4.78 is 0. The normalized spacial score (nSPS) is 19.1. The van der Waals surface area contributed by atoms with Crippen LogP contribution >= 0.6 is 0 Å². The summed E-state index contributed by atoms with van der Waals surface area (Å²) in [6, 6.07) is 0. The summed E-state index contributed by atoms with van der Waals surface area (Å²) >= 11 is 0. The Labute approximate surface area is 168 Å². The van der Waals surface area contributed by atoms with E-state index in [1.807, 2.05) is 4.90 Å². The van der Waals surface area contributed by atoms with Crippen molar-refractivity contribution in [2.24, 2.45) is 5.92 Å². The number of carbonyl (C=O) groups excluding carboxylic acids is 4. The number of amides is 3. The molecule has 0 aliphatic carbocycles. The molecule has 1 fully saturated rings. The molecule has 0 aromatic rings. The third-order valence-electron chi connectivity index (χ3n) is 5.61. The van der Waals surface area contributed by atoms with E-state index in [9.17, 15) is 19.2 Å². The summed E-state index contributed by atoms with van der Waals surface area (Å²) in [5.41, 5.74) is 0. The largest absolute Gasteiger partial charge is 0.342 e. The summed E-state index contributed by atoms with van der Waals surface area (Å²) in [6.45, 7) is 4.45. The maximum atomic E-state index is 12.1. The molecule has 0 aromatic carbocycles. The Morgan fingerprint density at radius 3 is 2.04 bits per heavy atom. The number of hydrogen-bond acceptors (Lipinski definition) is 4. The zero-order valence-corrected chi connectivity index (χ0v) is 17.2. The van der Waals surface area contributed by atoms with Gasteiger partial charge in [0.15, 0.2) is 0 Å². The van der Waals surface area contributed by atoms with E-state index in [-0.39, 0.29) is 23.5 Å². The first kappa shape index (κ1) is 22.3. The van der Waals surface area contributed by atoms with Crippen LogP contribution in [0.25, 0.3) is 0 Å². The molecule has 0 spiro atoms. The van der Waals surface area contributed by atoms with Crippen LogP contribution in [-0.2, 0) is 19.2 Å². The second kappa shape index (κ2) is 11.8. The standard InChI is InChI=1S/C22H34N2O4/c1-18-14-16-23(17-18)20(26)11-7-3-2-5-9-19(25)10-6-4-8-15-24-21(27)12-13-22(24)28/h12-13,18H,2-11,14-17H2,1H3/t18-/m0/s1. The second-order valence-corrected chi connectivity index (χ2v) is 8.16. The molecule has 28 heavy (non-hydrogen) atoms. The van der Waals surface area contributed by atoms with Gasteiger partial charge in [0.05, 0.1) is 0 Å². The van der Waals surface area contributed by atoms with E-state index in [0.717, 1.165) is 64.5 Å². The number of Topliss-reactive ketones (excluding diaryl/α,β-unsaturated/α-hetero) is 1. The van der Waals surface area contributed by atoms with Crippen molar-refractivity contribution in [2.75, 3.05) is 19.6 Å². The molecular formula is C22H34N2O4. The molecule has 6 nitrogen and oxygen atoms in total. The molecule has 2 aliphatic rings. The lowest BCUT2D eigenvalue weighted by atomic mass is 10.0. The van der Waals surface area contributed by atoms with Crippen molar-refractivity contribution in [1.82, 2.24) is 9.80 Å². The Balaban J connectivity index is 1.39. The highest BCUT2D eigenvalue weighted by atomic mass is 16.2. The fraction of sp³-hybridized carbons (Fsp3) is 0.727. The third kappa shape index (κ3) is 7.56. The molecule has 3 amide bonds. The summed E-state index contributed by atoms with van der Waals surface area (Å²) in [7, 11) is 0. The fourth-order valence-electron chi connectivity index (χ4n) is 3.82. The third-order valence-corrected chi connectivity index (χ3v) is 5.61. The minimum absolute atomic E-state index is 0.238. The molecule has 0 unspecified atom stereocenters. The molecule has 0 saturated carbocycles. The Kier molecular flexibility index (Phi) is 9.38.